The van der Waals surface area contributed by atoms with Crippen LogP contribution in [0.2, 0.25) is 0 Å². The van der Waals surface area contributed by atoms with E-state index in [2.05, 4.69) is 4.98 Å². The maximum absolute atomic E-state index is 13.4. The van der Waals surface area contributed by atoms with Crippen molar-refractivity contribution in [2.24, 2.45) is 0 Å². The predicted octanol–water partition coefficient (Wildman–Crippen LogP) is 4.04. The number of hydrogen-bond donors (Lipinski definition) is 2. The lowest BCUT2D eigenvalue weighted by Crippen LogP contribution is -2.38. The van der Waals surface area contributed by atoms with Gasteiger partial charge >= 0.3 is 6.18 Å². The van der Waals surface area contributed by atoms with Gasteiger partial charge in [0.2, 0.25) is 5.91 Å². The zero-order chi connectivity index (χ0) is 23.1. The van der Waals surface area contributed by atoms with E-state index < -0.39 is 17.6 Å². The second-order valence-corrected chi connectivity index (χ2v) is 7.34. The van der Waals surface area contributed by atoms with E-state index >= 15 is 0 Å². The molecule has 1 unspecified atom stereocenters. The van der Waals surface area contributed by atoms with Gasteiger partial charge in [0.25, 0.3) is 5.91 Å². The number of halogens is 3. The summed E-state index contributed by atoms with van der Waals surface area (Å²) in [4.78, 5) is 29.5. The lowest BCUT2D eigenvalue weighted by atomic mass is 9.87. The van der Waals surface area contributed by atoms with Crippen LogP contribution in [0.3, 0.4) is 0 Å². The van der Waals surface area contributed by atoms with Crippen molar-refractivity contribution >= 4 is 24.0 Å². The van der Waals surface area contributed by atoms with E-state index in [1.54, 1.807) is 29.2 Å². The Bertz CT molecular complexity index is 1030. The van der Waals surface area contributed by atoms with Gasteiger partial charge in [-0.3, -0.25) is 14.8 Å². The number of carbonyl (C=O) groups excluding carboxylic acids is 2. The zero-order valence-electron chi connectivity index (χ0n) is 17.0. The van der Waals surface area contributed by atoms with Gasteiger partial charge in [0.1, 0.15) is 0 Å². The molecule has 32 heavy (non-hydrogen) atoms. The van der Waals surface area contributed by atoms with Gasteiger partial charge in [-0.1, -0.05) is 24.3 Å². The molecular formula is C23H22F3N3O3. The molecule has 1 fully saturated rings. The molecule has 0 aliphatic carbocycles. The Labute approximate surface area is 183 Å². The third-order valence-corrected chi connectivity index (χ3v) is 5.14. The molecule has 9 heteroatoms. The summed E-state index contributed by atoms with van der Waals surface area (Å²) in [7, 11) is 0. The molecule has 2 aromatic rings. The van der Waals surface area contributed by atoms with Crippen LogP contribution in [-0.2, 0) is 15.8 Å². The summed E-state index contributed by atoms with van der Waals surface area (Å²) in [6.45, 7) is 0.684. The van der Waals surface area contributed by atoms with Gasteiger partial charge in [0, 0.05) is 31.2 Å². The quantitative estimate of drug-likeness (QED) is 0.414. The first-order valence-corrected chi connectivity index (χ1v) is 10.00. The third-order valence-electron chi connectivity index (χ3n) is 5.14. The highest BCUT2D eigenvalue weighted by Gasteiger charge is 2.36. The Balaban J connectivity index is 1.70. The fraction of sp³-hybridized carbons (Fsp3) is 0.261. The van der Waals surface area contributed by atoms with E-state index in [-0.39, 0.29) is 23.9 Å². The minimum Gasteiger partial charge on any atom is -0.339 e. The number of rotatable bonds is 5. The minimum atomic E-state index is -4.44. The first kappa shape index (κ1) is 23.2. The van der Waals surface area contributed by atoms with Gasteiger partial charge < -0.3 is 4.90 Å². The van der Waals surface area contributed by atoms with E-state index in [9.17, 15) is 22.8 Å². The minimum absolute atomic E-state index is 0.211. The van der Waals surface area contributed by atoms with Gasteiger partial charge in [-0.05, 0) is 48.8 Å². The summed E-state index contributed by atoms with van der Waals surface area (Å²) in [6, 6.07) is 10.5. The monoisotopic (exact) mass is 445 g/mol. The molecule has 2 N–H and O–H groups in total. The highest BCUT2D eigenvalue weighted by Crippen LogP contribution is 2.38. The number of likely N-dealkylation sites (tertiary alicyclic amines) is 1. The predicted molar refractivity (Wildman–Crippen MR) is 112 cm³/mol. The van der Waals surface area contributed by atoms with Crippen molar-refractivity contribution in [2.75, 3.05) is 13.1 Å². The van der Waals surface area contributed by atoms with Gasteiger partial charge in [-0.15, -0.1) is 0 Å². The van der Waals surface area contributed by atoms with Crippen molar-refractivity contribution < 1.29 is 28.0 Å². The number of piperidine rings is 1. The van der Waals surface area contributed by atoms with E-state index in [0.29, 0.717) is 30.8 Å². The van der Waals surface area contributed by atoms with Crippen LogP contribution in [0.5, 0.6) is 0 Å². The number of pyridine rings is 1. The molecule has 0 saturated carbocycles. The summed E-state index contributed by atoms with van der Waals surface area (Å²) >= 11 is 0. The summed E-state index contributed by atoms with van der Waals surface area (Å²) in [5, 5.41) is 8.50. The van der Waals surface area contributed by atoms with Crippen LogP contribution in [-0.4, -0.2) is 40.0 Å². The average molecular weight is 445 g/mol. The number of benzene rings is 1. The van der Waals surface area contributed by atoms with Crippen LogP contribution in [0, 0.1) is 0 Å². The number of nitrogens with zero attached hydrogens (tertiary/aromatic N) is 2. The molecule has 1 atom stereocenters. The first-order valence-electron chi connectivity index (χ1n) is 10.00. The van der Waals surface area contributed by atoms with Gasteiger partial charge in [0.15, 0.2) is 0 Å². The van der Waals surface area contributed by atoms with Crippen LogP contribution in [0.1, 0.15) is 41.3 Å². The van der Waals surface area contributed by atoms with Gasteiger partial charge in [-0.25, -0.2) is 10.5 Å². The standard InChI is InChI=1S/C23H22F3N3O3/c24-23(25,26)20-9-2-1-8-19(20)16-5-4-14-29(15-16)22(31)13-11-18-7-3-6-17(27-18)10-12-21(30)28-32/h1-3,6-13,16,32H,4-5,14-15H2,(H,28,30). The number of hydroxylamine groups is 1. The lowest BCUT2D eigenvalue weighted by Gasteiger charge is -2.33. The number of nitrogens with one attached hydrogen (secondary N) is 1. The topological polar surface area (TPSA) is 82.5 Å². The Kier molecular flexibility index (Phi) is 7.42. The van der Waals surface area contributed by atoms with E-state index in [4.69, 9.17) is 5.21 Å². The molecular weight excluding hydrogens is 423 g/mol. The summed E-state index contributed by atoms with van der Waals surface area (Å²) in [5.41, 5.74) is 1.96. The number of hydrogen-bond acceptors (Lipinski definition) is 4. The van der Waals surface area contributed by atoms with Crippen LogP contribution in [0.25, 0.3) is 12.2 Å². The highest BCUT2D eigenvalue weighted by atomic mass is 19.4. The number of alkyl halides is 3. The fourth-order valence-electron chi connectivity index (χ4n) is 3.66. The van der Waals surface area contributed by atoms with Crippen molar-refractivity contribution in [3.8, 4) is 0 Å². The molecule has 1 aromatic heterocycles. The van der Waals surface area contributed by atoms with E-state index in [1.807, 2.05) is 0 Å². The second-order valence-electron chi connectivity index (χ2n) is 7.34. The molecule has 1 aliphatic heterocycles. The van der Waals surface area contributed by atoms with Crippen LogP contribution in [0.4, 0.5) is 13.2 Å². The molecule has 1 aromatic carbocycles. The Morgan fingerprint density at radius 1 is 1.06 bits per heavy atom. The Hall–Kier alpha value is -3.46. The van der Waals surface area contributed by atoms with Gasteiger partial charge in [-0.2, -0.15) is 13.2 Å². The summed E-state index contributed by atoms with van der Waals surface area (Å²) in [5.74, 6) is -1.39. The van der Waals surface area contributed by atoms with Crippen molar-refractivity contribution in [1.29, 1.82) is 0 Å². The number of aromatic nitrogens is 1. The van der Waals surface area contributed by atoms with Crippen molar-refractivity contribution in [3.05, 3.63) is 77.1 Å². The Morgan fingerprint density at radius 2 is 1.75 bits per heavy atom. The van der Waals surface area contributed by atoms with Crippen LogP contribution in [0.15, 0.2) is 54.6 Å². The van der Waals surface area contributed by atoms with Crippen LogP contribution < -0.4 is 5.48 Å². The average Bonchev–Trinajstić information content (AvgIpc) is 2.80. The SMILES string of the molecule is O=C(C=Cc1cccc(C=CC(=O)N2CCCC(c3ccccc3C(F)(F)F)C2)n1)NO. The molecule has 3 rings (SSSR count). The van der Waals surface area contributed by atoms with Gasteiger partial charge in [0.05, 0.1) is 17.0 Å². The maximum Gasteiger partial charge on any atom is 0.416 e. The second kappa shape index (κ2) is 10.2. The van der Waals surface area contributed by atoms with E-state index in [1.165, 1.54) is 35.8 Å². The number of amides is 2. The molecule has 0 bridgehead atoms. The van der Waals surface area contributed by atoms with Crippen molar-refractivity contribution in [2.45, 2.75) is 24.9 Å². The maximum atomic E-state index is 13.4. The van der Waals surface area contributed by atoms with Crippen LogP contribution >= 0.6 is 0 Å². The molecule has 6 nitrogen and oxygen atoms in total. The smallest absolute Gasteiger partial charge is 0.339 e. The molecule has 1 saturated heterocycles. The highest BCUT2D eigenvalue weighted by molar-refractivity contribution is 5.92. The summed E-state index contributed by atoms with van der Waals surface area (Å²) < 4.78 is 40.1. The number of carbonyl (C=O) groups is 2. The van der Waals surface area contributed by atoms with E-state index in [0.717, 1.165) is 12.1 Å². The largest absolute Gasteiger partial charge is 0.416 e. The normalized spacial score (nSPS) is 17.1. The zero-order valence-corrected chi connectivity index (χ0v) is 17.0. The first-order chi connectivity index (χ1) is 15.3. The molecule has 168 valence electrons. The molecule has 0 radical (unpaired) electrons. The Morgan fingerprint density at radius 3 is 2.44 bits per heavy atom. The van der Waals surface area contributed by atoms with Crippen molar-refractivity contribution in [3.63, 3.8) is 0 Å². The molecule has 0 spiro atoms. The molecule has 1 aliphatic rings. The molecule has 2 heterocycles. The van der Waals surface area contributed by atoms with Crippen molar-refractivity contribution in [1.82, 2.24) is 15.4 Å². The lowest BCUT2D eigenvalue weighted by molar-refractivity contribution is -0.138. The third kappa shape index (κ3) is 6.04. The molecule has 2 amide bonds. The fourth-order valence-corrected chi connectivity index (χ4v) is 3.66. The summed E-state index contributed by atoms with van der Waals surface area (Å²) in [6.07, 6.45) is 2.12.